The molecule has 100 valence electrons. The van der Waals surface area contributed by atoms with E-state index in [4.69, 9.17) is 0 Å². The molecule has 0 unspecified atom stereocenters. The van der Waals surface area contributed by atoms with Crippen molar-refractivity contribution in [3.05, 3.63) is 58.0 Å². The van der Waals surface area contributed by atoms with Crippen molar-refractivity contribution in [2.45, 2.75) is 13.8 Å². The number of nitrogens with zero attached hydrogens (tertiary/aromatic N) is 4. The molecule has 0 aliphatic rings. The normalized spacial score (nSPS) is 10.9. The van der Waals surface area contributed by atoms with Gasteiger partial charge in [-0.2, -0.15) is 5.10 Å². The maximum absolute atomic E-state index is 11.3. The molecule has 2 heterocycles. The van der Waals surface area contributed by atoms with E-state index < -0.39 is 4.92 Å². The molecule has 20 heavy (non-hydrogen) atoms. The van der Waals surface area contributed by atoms with Gasteiger partial charge in [0.1, 0.15) is 6.20 Å². The van der Waals surface area contributed by atoms with Gasteiger partial charge >= 0.3 is 5.69 Å². The Hall–Kier alpha value is -2.76. The standard InChI is InChI=1S/C14H12N4O2/c1-9-7-10(2)17(16-9)14-11-5-3-4-6-12(11)15-8-13(14)18(19)20/h3-8H,1-2H3. The summed E-state index contributed by atoms with van der Waals surface area (Å²) in [6.45, 7) is 3.73. The molecule has 0 N–H and O–H groups in total. The maximum Gasteiger partial charge on any atom is 0.313 e. The van der Waals surface area contributed by atoms with Crippen LogP contribution < -0.4 is 0 Å². The van der Waals surface area contributed by atoms with Crippen molar-refractivity contribution in [1.29, 1.82) is 0 Å². The summed E-state index contributed by atoms with van der Waals surface area (Å²) < 4.78 is 1.61. The minimum Gasteiger partial charge on any atom is -0.258 e. The Balaban J connectivity index is 2.45. The summed E-state index contributed by atoms with van der Waals surface area (Å²) in [5.74, 6) is 0. The zero-order valence-electron chi connectivity index (χ0n) is 11.1. The van der Waals surface area contributed by atoms with Gasteiger partial charge in [-0.05, 0) is 26.0 Å². The Morgan fingerprint density at radius 2 is 2.00 bits per heavy atom. The monoisotopic (exact) mass is 268 g/mol. The summed E-state index contributed by atoms with van der Waals surface area (Å²) in [6, 6.07) is 9.23. The second-order valence-electron chi connectivity index (χ2n) is 4.61. The van der Waals surface area contributed by atoms with Crippen molar-refractivity contribution in [3.8, 4) is 5.69 Å². The Labute approximate surface area is 114 Å². The van der Waals surface area contributed by atoms with Gasteiger partial charge < -0.3 is 0 Å². The second-order valence-corrected chi connectivity index (χ2v) is 4.61. The highest BCUT2D eigenvalue weighted by Gasteiger charge is 2.21. The molecule has 0 aliphatic carbocycles. The first kappa shape index (κ1) is 12.3. The predicted octanol–water partition coefficient (Wildman–Crippen LogP) is 2.95. The number of nitro groups is 1. The molecule has 0 spiro atoms. The molecular weight excluding hydrogens is 256 g/mol. The van der Waals surface area contributed by atoms with Crippen LogP contribution in [0.15, 0.2) is 36.5 Å². The van der Waals surface area contributed by atoms with Crippen LogP contribution in [0.25, 0.3) is 16.6 Å². The summed E-state index contributed by atoms with van der Waals surface area (Å²) in [6.07, 6.45) is 1.29. The fourth-order valence-corrected chi connectivity index (χ4v) is 2.33. The SMILES string of the molecule is Cc1cc(C)n(-c2c([N+](=O)[O-])cnc3ccccc23)n1. The van der Waals surface area contributed by atoms with Crippen LogP contribution in [0, 0.1) is 24.0 Å². The third-order valence-electron chi connectivity index (χ3n) is 3.15. The number of rotatable bonds is 2. The highest BCUT2D eigenvalue weighted by Crippen LogP contribution is 2.30. The number of para-hydroxylation sites is 1. The predicted molar refractivity (Wildman–Crippen MR) is 75.0 cm³/mol. The van der Waals surface area contributed by atoms with Crippen molar-refractivity contribution < 1.29 is 4.92 Å². The molecular formula is C14H12N4O2. The van der Waals surface area contributed by atoms with Crippen molar-refractivity contribution in [1.82, 2.24) is 14.8 Å². The Bertz CT molecular complexity index is 823. The molecule has 0 atom stereocenters. The van der Waals surface area contributed by atoms with Crippen LogP contribution in [-0.2, 0) is 0 Å². The first-order valence-electron chi connectivity index (χ1n) is 6.13. The van der Waals surface area contributed by atoms with Crippen LogP contribution in [0.2, 0.25) is 0 Å². The van der Waals surface area contributed by atoms with Gasteiger partial charge in [0.25, 0.3) is 0 Å². The van der Waals surface area contributed by atoms with Gasteiger partial charge in [0.2, 0.25) is 0 Å². The van der Waals surface area contributed by atoms with Crippen LogP contribution in [-0.4, -0.2) is 19.7 Å². The molecule has 3 rings (SSSR count). The number of fused-ring (bicyclic) bond motifs is 1. The third-order valence-corrected chi connectivity index (χ3v) is 3.15. The highest BCUT2D eigenvalue weighted by atomic mass is 16.6. The lowest BCUT2D eigenvalue weighted by molar-refractivity contribution is -0.384. The van der Waals surface area contributed by atoms with Crippen molar-refractivity contribution in [3.63, 3.8) is 0 Å². The number of aryl methyl sites for hydroxylation is 2. The number of aromatic nitrogens is 3. The lowest BCUT2D eigenvalue weighted by atomic mass is 10.1. The first-order chi connectivity index (χ1) is 9.58. The van der Waals surface area contributed by atoms with Gasteiger partial charge in [-0.1, -0.05) is 18.2 Å². The average molecular weight is 268 g/mol. The molecule has 0 radical (unpaired) electrons. The quantitative estimate of drug-likeness (QED) is 0.529. The first-order valence-corrected chi connectivity index (χ1v) is 6.13. The number of benzene rings is 1. The Kier molecular flexibility index (Phi) is 2.71. The van der Waals surface area contributed by atoms with Gasteiger partial charge in [-0.25, -0.2) is 9.67 Å². The summed E-state index contributed by atoms with van der Waals surface area (Å²) in [5, 5.41) is 16.4. The molecule has 3 aromatic rings. The van der Waals surface area contributed by atoms with Crippen LogP contribution in [0.5, 0.6) is 0 Å². The Morgan fingerprint density at radius 1 is 1.25 bits per heavy atom. The number of hydrogen-bond acceptors (Lipinski definition) is 4. The van der Waals surface area contributed by atoms with Crippen LogP contribution in [0.1, 0.15) is 11.4 Å². The maximum atomic E-state index is 11.3. The van der Waals surface area contributed by atoms with E-state index in [1.807, 2.05) is 44.2 Å². The lowest BCUT2D eigenvalue weighted by Crippen LogP contribution is -2.05. The smallest absolute Gasteiger partial charge is 0.258 e. The van der Waals surface area contributed by atoms with E-state index in [2.05, 4.69) is 10.1 Å². The zero-order valence-corrected chi connectivity index (χ0v) is 11.1. The van der Waals surface area contributed by atoms with Gasteiger partial charge in [-0.3, -0.25) is 10.1 Å². The molecule has 0 saturated carbocycles. The average Bonchev–Trinajstić information content (AvgIpc) is 2.76. The van der Waals surface area contributed by atoms with Crippen LogP contribution in [0.4, 0.5) is 5.69 Å². The third kappa shape index (κ3) is 1.82. The molecule has 2 aromatic heterocycles. The molecule has 0 amide bonds. The zero-order chi connectivity index (χ0) is 14.3. The van der Waals surface area contributed by atoms with Gasteiger partial charge in [0, 0.05) is 11.1 Å². The van der Waals surface area contributed by atoms with E-state index in [-0.39, 0.29) is 5.69 Å². The Morgan fingerprint density at radius 3 is 2.65 bits per heavy atom. The molecule has 6 heteroatoms. The minimum atomic E-state index is -0.425. The number of pyridine rings is 1. The van der Waals surface area contributed by atoms with Gasteiger partial charge in [0.05, 0.1) is 16.1 Å². The van der Waals surface area contributed by atoms with E-state index >= 15 is 0 Å². The molecule has 1 aromatic carbocycles. The van der Waals surface area contributed by atoms with Crippen molar-refractivity contribution >= 4 is 16.6 Å². The van der Waals surface area contributed by atoms with E-state index in [1.54, 1.807) is 4.68 Å². The summed E-state index contributed by atoms with van der Waals surface area (Å²) >= 11 is 0. The fourth-order valence-electron chi connectivity index (χ4n) is 2.33. The van der Waals surface area contributed by atoms with Crippen LogP contribution in [0.3, 0.4) is 0 Å². The summed E-state index contributed by atoms with van der Waals surface area (Å²) in [5.41, 5.74) is 2.79. The topological polar surface area (TPSA) is 73.8 Å². The van der Waals surface area contributed by atoms with Gasteiger partial charge in [0.15, 0.2) is 5.69 Å². The van der Waals surface area contributed by atoms with E-state index in [9.17, 15) is 10.1 Å². The molecule has 0 fully saturated rings. The summed E-state index contributed by atoms with van der Waals surface area (Å²) in [4.78, 5) is 15.0. The van der Waals surface area contributed by atoms with Gasteiger partial charge in [-0.15, -0.1) is 0 Å². The molecule has 0 saturated heterocycles. The minimum absolute atomic E-state index is 0.0464. The highest BCUT2D eigenvalue weighted by molar-refractivity contribution is 5.90. The lowest BCUT2D eigenvalue weighted by Gasteiger charge is -2.08. The molecule has 0 bridgehead atoms. The second kappa shape index (κ2) is 4.41. The van der Waals surface area contributed by atoms with E-state index in [1.165, 1.54) is 6.20 Å². The largest absolute Gasteiger partial charge is 0.313 e. The van der Waals surface area contributed by atoms with E-state index in [0.717, 1.165) is 11.4 Å². The van der Waals surface area contributed by atoms with E-state index in [0.29, 0.717) is 16.6 Å². The van der Waals surface area contributed by atoms with Crippen LogP contribution >= 0.6 is 0 Å². The van der Waals surface area contributed by atoms with Crippen molar-refractivity contribution in [2.24, 2.45) is 0 Å². The summed E-state index contributed by atoms with van der Waals surface area (Å²) in [7, 11) is 0. The fraction of sp³-hybridized carbons (Fsp3) is 0.143. The number of hydrogen-bond donors (Lipinski definition) is 0. The molecule has 6 nitrogen and oxygen atoms in total. The molecule has 0 aliphatic heterocycles. The van der Waals surface area contributed by atoms with Crippen molar-refractivity contribution in [2.75, 3.05) is 0 Å².